The molecule has 172 valence electrons. The summed E-state index contributed by atoms with van der Waals surface area (Å²) < 4.78 is 45.9. The highest BCUT2D eigenvalue weighted by molar-refractivity contribution is 5.95. The first-order valence-electron chi connectivity index (χ1n) is 9.76. The lowest BCUT2D eigenvalue weighted by Crippen LogP contribution is -2.42. The second kappa shape index (κ2) is 12.1. The molecule has 0 aromatic carbocycles. The molecule has 0 radical (unpaired) electrons. The summed E-state index contributed by atoms with van der Waals surface area (Å²) in [6, 6.07) is 2.08. The van der Waals surface area contributed by atoms with Crippen LogP contribution in [0.25, 0.3) is 0 Å². The number of carbonyl (C=O) groups is 1. The Kier molecular flexibility index (Phi) is 10.3. The molecule has 0 aliphatic rings. The Bertz CT molecular complexity index is 787. The van der Waals surface area contributed by atoms with E-state index < -0.39 is 12.1 Å². The van der Waals surface area contributed by atoms with E-state index in [1.54, 1.807) is 24.0 Å². The van der Waals surface area contributed by atoms with Crippen molar-refractivity contribution in [3.8, 4) is 11.6 Å². The Morgan fingerprint density at radius 3 is 2.52 bits per heavy atom. The lowest BCUT2D eigenvalue weighted by atomic mass is 10.2. The van der Waals surface area contributed by atoms with Crippen LogP contribution < -0.4 is 9.47 Å². The third-order valence-corrected chi connectivity index (χ3v) is 4.07. The van der Waals surface area contributed by atoms with Crippen LogP contribution in [0.4, 0.5) is 13.2 Å². The van der Waals surface area contributed by atoms with Gasteiger partial charge in [-0.1, -0.05) is 30.4 Å². The number of pyridine rings is 1. The second-order valence-electron chi connectivity index (χ2n) is 7.27. The van der Waals surface area contributed by atoms with Crippen molar-refractivity contribution >= 4 is 5.91 Å². The van der Waals surface area contributed by atoms with Gasteiger partial charge in [0.05, 0.1) is 12.2 Å². The molecule has 0 bridgehead atoms. The highest BCUT2D eigenvalue weighted by Gasteiger charge is 2.31. The molecule has 0 unspecified atom stereocenters. The molecule has 0 fully saturated rings. The molecule has 0 aliphatic heterocycles. The molecule has 1 aromatic rings. The highest BCUT2D eigenvalue weighted by Crippen LogP contribution is 2.23. The first-order chi connectivity index (χ1) is 14.4. The summed E-state index contributed by atoms with van der Waals surface area (Å²) in [5.41, 5.74) is 1.49. The van der Waals surface area contributed by atoms with Crippen LogP contribution in [0, 0.1) is 0 Å². The maximum atomic E-state index is 12.7. The van der Waals surface area contributed by atoms with Gasteiger partial charge < -0.3 is 19.3 Å². The van der Waals surface area contributed by atoms with Crippen LogP contribution in [0.5, 0.6) is 11.6 Å². The zero-order valence-corrected chi connectivity index (χ0v) is 18.6. The Hall–Kier alpha value is -2.81. The van der Waals surface area contributed by atoms with Crippen LogP contribution in [0.1, 0.15) is 20.8 Å². The van der Waals surface area contributed by atoms with Gasteiger partial charge in [0.2, 0.25) is 5.88 Å². The minimum atomic E-state index is -4.78. The number of hydrogen-bond acceptors (Lipinski definition) is 5. The molecule has 1 amide bonds. The van der Waals surface area contributed by atoms with Crippen molar-refractivity contribution in [1.82, 2.24) is 14.8 Å². The Labute approximate surface area is 181 Å². The van der Waals surface area contributed by atoms with Gasteiger partial charge in [-0.25, -0.2) is 4.98 Å². The second-order valence-corrected chi connectivity index (χ2v) is 7.27. The predicted octanol–water partition coefficient (Wildman–Crippen LogP) is 4.22. The number of ether oxygens (including phenoxy) is 2. The molecule has 1 heterocycles. The summed E-state index contributed by atoms with van der Waals surface area (Å²) in [4.78, 5) is 20.1. The Balaban J connectivity index is 2.64. The molecular weight excluding hydrogens is 411 g/mol. The van der Waals surface area contributed by atoms with Crippen LogP contribution in [0.15, 0.2) is 54.3 Å². The van der Waals surface area contributed by atoms with Gasteiger partial charge >= 0.3 is 6.36 Å². The summed E-state index contributed by atoms with van der Waals surface area (Å²) in [7, 11) is 3.96. The lowest BCUT2D eigenvalue weighted by molar-refractivity contribution is -0.274. The van der Waals surface area contributed by atoms with Crippen molar-refractivity contribution < 1.29 is 27.4 Å². The molecule has 9 heteroatoms. The number of hydrogen-bond donors (Lipinski definition) is 0. The van der Waals surface area contributed by atoms with Gasteiger partial charge in [-0.2, -0.15) is 0 Å². The predicted molar refractivity (Wildman–Crippen MR) is 114 cm³/mol. The van der Waals surface area contributed by atoms with Crippen molar-refractivity contribution in [2.24, 2.45) is 0 Å². The molecule has 0 saturated carbocycles. The molecule has 31 heavy (non-hydrogen) atoms. The standard InChI is InChI=1S/C22H30F3N3O3/c1-7-28(21(29)17(3)10-8-9-16(2)14-27(5)6)18(4)15-30-20-12-11-19(13-26-20)31-22(23,24)25/h8-13,18H,3,7,14-15H2,1-2,4-6H3/b10-8-,16-9-/t18-/m0/s1. The Morgan fingerprint density at radius 1 is 1.32 bits per heavy atom. The molecule has 1 aromatic heterocycles. The van der Waals surface area contributed by atoms with Gasteiger partial charge in [-0.05, 0) is 40.9 Å². The number of amides is 1. The molecular formula is C22H30F3N3O3. The quantitative estimate of drug-likeness (QED) is 0.380. The van der Waals surface area contributed by atoms with E-state index in [2.05, 4.69) is 16.3 Å². The topological polar surface area (TPSA) is 54.9 Å². The monoisotopic (exact) mass is 441 g/mol. The SMILES string of the molecule is C=C(/C=C\C=C(\C)CN(C)C)C(=O)N(CC)[C@@H](C)COc1ccc(OC(F)(F)F)cn1. The fourth-order valence-corrected chi connectivity index (χ4v) is 2.73. The van der Waals surface area contributed by atoms with Gasteiger partial charge in [0, 0.05) is 24.7 Å². The van der Waals surface area contributed by atoms with Crippen LogP contribution in [0.3, 0.4) is 0 Å². The van der Waals surface area contributed by atoms with E-state index >= 15 is 0 Å². The van der Waals surface area contributed by atoms with Crippen molar-refractivity contribution in [3.63, 3.8) is 0 Å². The number of halogens is 3. The van der Waals surface area contributed by atoms with Gasteiger partial charge in [0.1, 0.15) is 12.4 Å². The van der Waals surface area contributed by atoms with Gasteiger partial charge in [0.15, 0.2) is 0 Å². The molecule has 1 atom stereocenters. The molecule has 1 rings (SSSR count). The molecule has 0 N–H and O–H groups in total. The van der Waals surface area contributed by atoms with E-state index in [1.165, 1.54) is 6.07 Å². The zero-order chi connectivity index (χ0) is 23.6. The first-order valence-corrected chi connectivity index (χ1v) is 9.76. The molecule has 0 aliphatic carbocycles. The fourth-order valence-electron chi connectivity index (χ4n) is 2.73. The highest BCUT2D eigenvalue weighted by atomic mass is 19.4. The average molecular weight is 441 g/mol. The van der Waals surface area contributed by atoms with Gasteiger partial charge in [-0.15, -0.1) is 13.2 Å². The van der Waals surface area contributed by atoms with Gasteiger partial charge in [-0.3, -0.25) is 4.79 Å². The number of alkyl halides is 3. The van der Waals surface area contributed by atoms with Gasteiger partial charge in [0.25, 0.3) is 5.91 Å². The normalized spacial score (nSPS) is 13.4. The maximum Gasteiger partial charge on any atom is 0.573 e. The molecule has 0 spiro atoms. The lowest BCUT2D eigenvalue weighted by Gasteiger charge is -2.28. The van der Waals surface area contributed by atoms with Crippen molar-refractivity contribution in [3.05, 3.63) is 54.3 Å². The fraction of sp³-hybridized carbons (Fsp3) is 0.455. The Morgan fingerprint density at radius 2 is 2.00 bits per heavy atom. The van der Waals surface area contributed by atoms with Crippen molar-refractivity contribution in [2.45, 2.75) is 33.2 Å². The minimum absolute atomic E-state index is 0.116. The summed E-state index contributed by atoms with van der Waals surface area (Å²) in [6.45, 7) is 10.9. The summed E-state index contributed by atoms with van der Waals surface area (Å²) >= 11 is 0. The van der Waals surface area contributed by atoms with Crippen LogP contribution >= 0.6 is 0 Å². The van der Waals surface area contributed by atoms with Crippen molar-refractivity contribution in [2.75, 3.05) is 33.8 Å². The van der Waals surface area contributed by atoms with E-state index in [0.717, 1.165) is 24.4 Å². The number of likely N-dealkylation sites (N-methyl/N-ethyl adjacent to an activating group) is 2. The van der Waals surface area contributed by atoms with E-state index in [0.29, 0.717) is 12.1 Å². The summed E-state index contributed by atoms with van der Waals surface area (Å²) in [5.74, 6) is -0.531. The number of rotatable bonds is 11. The van der Waals surface area contributed by atoms with Crippen LogP contribution in [-0.4, -0.2) is 66.9 Å². The number of nitrogens with zero attached hydrogens (tertiary/aromatic N) is 3. The van der Waals surface area contributed by atoms with E-state index in [-0.39, 0.29) is 24.4 Å². The zero-order valence-electron chi connectivity index (χ0n) is 18.6. The number of carbonyl (C=O) groups excluding carboxylic acids is 1. The third-order valence-electron chi connectivity index (χ3n) is 4.07. The maximum absolute atomic E-state index is 12.7. The first kappa shape index (κ1) is 26.2. The number of allylic oxidation sites excluding steroid dienone is 2. The summed E-state index contributed by atoms with van der Waals surface area (Å²) in [5, 5.41) is 0. The average Bonchev–Trinajstić information content (AvgIpc) is 2.66. The van der Waals surface area contributed by atoms with Crippen LogP contribution in [-0.2, 0) is 4.79 Å². The third kappa shape index (κ3) is 10.2. The minimum Gasteiger partial charge on any atom is -0.475 e. The van der Waals surface area contributed by atoms with Crippen molar-refractivity contribution in [1.29, 1.82) is 0 Å². The number of aromatic nitrogens is 1. The van der Waals surface area contributed by atoms with E-state index in [4.69, 9.17) is 4.74 Å². The van der Waals surface area contributed by atoms with E-state index in [9.17, 15) is 18.0 Å². The summed E-state index contributed by atoms with van der Waals surface area (Å²) in [6.07, 6.45) is 1.53. The molecule has 6 nitrogen and oxygen atoms in total. The smallest absolute Gasteiger partial charge is 0.475 e. The largest absolute Gasteiger partial charge is 0.573 e. The van der Waals surface area contributed by atoms with E-state index in [1.807, 2.05) is 38.9 Å². The van der Waals surface area contributed by atoms with Crippen LogP contribution in [0.2, 0.25) is 0 Å². The molecule has 0 saturated heterocycles.